The second-order valence-corrected chi connectivity index (χ2v) is 7.85. The predicted molar refractivity (Wildman–Crippen MR) is 113 cm³/mol. The van der Waals surface area contributed by atoms with Gasteiger partial charge in [-0.15, -0.1) is 0 Å². The van der Waals surface area contributed by atoms with Crippen molar-refractivity contribution in [3.8, 4) is 0 Å². The van der Waals surface area contributed by atoms with Crippen LogP contribution in [0.2, 0.25) is 0 Å². The highest BCUT2D eigenvalue weighted by Crippen LogP contribution is 2.24. The monoisotopic (exact) mass is 398 g/mol. The molecule has 1 saturated carbocycles. The van der Waals surface area contributed by atoms with E-state index in [0.717, 1.165) is 32.3 Å². The summed E-state index contributed by atoms with van der Waals surface area (Å²) in [6.45, 7) is 8.26. The van der Waals surface area contributed by atoms with Crippen LogP contribution in [0.4, 0.5) is 0 Å². The van der Waals surface area contributed by atoms with Crippen molar-refractivity contribution in [1.29, 1.82) is 0 Å². The molecule has 0 aromatic rings. The van der Waals surface area contributed by atoms with Gasteiger partial charge in [-0.3, -0.25) is 14.4 Å². The van der Waals surface area contributed by atoms with E-state index in [0.29, 0.717) is 50.0 Å². The zero-order chi connectivity index (χ0) is 21.2. The van der Waals surface area contributed by atoms with Crippen molar-refractivity contribution in [2.24, 2.45) is 11.8 Å². The average molecular weight is 399 g/mol. The molecule has 0 bridgehead atoms. The van der Waals surface area contributed by atoms with E-state index in [1.54, 1.807) is 7.05 Å². The third-order valence-corrected chi connectivity index (χ3v) is 4.73. The number of nitrogens with one attached hydrogen (secondary N) is 2. The highest BCUT2D eigenvalue weighted by Gasteiger charge is 2.18. The fourth-order valence-corrected chi connectivity index (χ4v) is 3.06. The van der Waals surface area contributed by atoms with Crippen LogP contribution in [-0.4, -0.2) is 44.4 Å². The van der Waals surface area contributed by atoms with Gasteiger partial charge in [0.2, 0.25) is 11.8 Å². The molecule has 0 atom stereocenters. The van der Waals surface area contributed by atoms with Crippen molar-refractivity contribution in [3.63, 3.8) is 0 Å². The van der Waals surface area contributed by atoms with Gasteiger partial charge in [-0.25, -0.2) is 0 Å². The molecule has 0 radical (unpaired) electrons. The molecule has 6 nitrogen and oxygen atoms in total. The molecule has 6 heteroatoms. The summed E-state index contributed by atoms with van der Waals surface area (Å²) in [6.07, 6.45) is 9.18. The van der Waals surface area contributed by atoms with Gasteiger partial charge in [0.05, 0.1) is 0 Å². The summed E-state index contributed by atoms with van der Waals surface area (Å²) in [7, 11) is 1.60. The molecule has 164 valence electrons. The Labute approximate surface area is 171 Å². The minimum absolute atomic E-state index is 0.00256. The number of carbonyl (C=O) groups excluding carboxylic acids is 3. The minimum atomic E-state index is -0.0233. The Morgan fingerprint density at radius 2 is 1.64 bits per heavy atom. The molecule has 0 aromatic carbocycles. The molecule has 0 aliphatic heterocycles. The third-order valence-electron chi connectivity index (χ3n) is 4.73. The lowest BCUT2D eigenvalue weighted by Crippen LogP contribution is -2.25. The smallest absolute Gasteiger partial charge is 0.220 e. The normalized spacial score (nSPS) is 14.2. The molecule has 0 spiro atoms. The zero-order valence-electron chi connectivity index (χ0n) is 18.5. The molecule has 1 aliphatic carbocycles. The Morgan fingerprint density at radius 1 is 1.00 bits per heavy atom. The largest absolute Gasteiger partial charge is 0.381 e. The first-order valence-electron chi connectivity index (χ1n) is 11.0. The fourth-order valence-electron chi connectivity index (χ4n) is 3.06. The molecule has 1 aliphatic rings. The SMILES string of the molecule is CCC(=O)C1CCCCC1.CNC(=O)CCCC(=O)NCCCOCC(C)C. The number of rotatable bonds is 12. The Bertz CT molecular complexity index is 432. The summed E-state index contributed by atoms with van der Waals surface area (Å²) in [5, 5.41) is 5.34. The van der Waals surface area contributed by atoms with Gasteiger partial charge >= 0.3 is 0 Å². The highest BCUT2D eigenvalue weighted by atomic mass is 16.5. The third kappa shape index (κ3) is 15.6. The summed E-state index contributed by atoms with van der Waals surface area (Å²) in [5.41, 5.74) is 0. The van der Waals surface area contributed by atoms with Crippen LogP contribution in [0.15, 0.2) is 0 Å². The summed E-state index contributed by atoms with van der Waals surface area (Å²) >= 11 is 0. The molecule has 1 fully saturated rings. The first-order chi connectivity index (χ1) is 13.4. The van der Waals surface area contributed by atoms with Crippen molar-refractivity contribution in [2.45, 2.75) is 85.0 Å². The van der Waals surface area contributed by atoms with Gasteiger partial charge in [-0.1, -0.05) is 40.0 Å². The van der Waals surface area contributed by atoms with Crippen LogP contribution >= 0.6 is 0 Å². The van der Waals surface area contributed by atoms with E-state index in [9.17, 15) is 14.4 Å². The lowest BCUT2D eigenvalue weighted by Gasteiger charge is -2.19. The number of ketones is 1. The first-order valence-corrected chi connectivity index (χ1v) is 11.0. The second-order valence-electron chi connectivity index (χ2n) is 7.85. The lowest BCUT2D eigenvalue weighted by atomic mass is 9.85. The van der Waals surface area contributed by atoms with E-state index < -0.39 is 0 Å². The molecule has 2 amide bonds. The van der Waals surface area contributed by atoms with Gasteiger partial charge in [0.1, 0.15) is 5.78 Å². The van der Waals surface area contributed by atoms with Crippen molar-refractivity contribution >= 4 is 17.6 Å². The van der Waals surface area contributed by atoms with Crippen molar-refractivity contribution in [3.05, 3.63) is 0 Å². The Hall–Kier alpha value is -1.43. The lowest BCUT2D eigenvalue weighted by molar-refractivity contribution is -0.124. The van der Waals surface area contributed by atoms with E-state index in [4.69, 9.17) is 4.74 Å². The zero-order valence-corrected chi connectivity index (χ0v) is 18.5. The molecule has 0 saturated heterocycles. The van der Waals surface area contributed by atoms with E-state index >= 15 is 0 Å². The van der Waals surface area contributed by atoms with E-state index in [1.807, 2.05) is 6.92 Å². The molecular weight excluding hydrogens is 356 g/mol. The minimum Gasteiger partial charge on any atom is -0.381 e. The summed E-state index contributed by atoms with van der Waals surface area (Å²) < 4.78 is 5.40. The molecular formula is C22H42N2O4. The average Bonchev–Trinajstić information content (AvgIpc) is 2.70. The molecule has 1 rings (SSSR count). The fraction of sp³-hybridized carbons (Fsp3) is 0.864. The van der Waals surface area contributed by atoms with Crippen LogP contribution in [0.3, 0.4) is 0 Å². The first kappa shape index (κ1) is 26.6. The standard InChI is InChI=1S/C13H26N2O3.C9H16O/c1-11(2)10-18-9-5-8-15-13(17)7-4-6-12(16)14-3;1-2-9(10)8-6-4-3-5-7-8/h11H,4-10H2,1-3H3,(H,14,16)(H,15,17);8H,2-7H2,1H3. The Morgan fingerprint density at radius 3 is 2.21 bits per heavy atom. The summed E-state index contributed by atoms with van der Waals surface area (Å²) in [4.78, 5) is 33.5. The van der Waals surface area contributed by atoms with Gasteiger partial charge in [0.25, 0.3) is 0 Å². The number of hydrogen-bond acceptors (Lipinski definition) is 4. The Kier molecular flexibility index (Phi) is 16.8. The van der Waals surface area contributed by atoms with Crippen LogP contribution in [-0.2, 0) is 19.1 Å². The molecule has 2 N–H and O–H groups in total. The number of Topliss-reactive ketones (excluding diaryl/α,β-unsaturated/α-hetero) is 1. The van der Waals surface area contributed by atoms with Gasteiger partial charge in [-0.2, -0.15) is 0 Å². The second kappa shape index (κ2) is 17.7. The molecule has 0 unspecified atom stereocenters. The van der Waals surface area contributed by atoms with Crippen molar-refractivity contribution in [2.75, 3.05) is 26.8 Å². The molecule has 28 heavy (non-hydrogen) atoms. The number of hydrogen-bond donors (Lipinski definition) is 2. The number of amides is 2. The van der Waals surface area contributed by atoms with Crippen LogP contribution in [0.1, 0.15) is 85.0 Å². The molecule has 0 aromatic heterocycles. The topological polar surface area (TPSA) is 84.5 Å². The van der Waals surface area contributed by atoms with Crippen LogP contribution in [0.25, 0.3) is 0 Å². The van der Waals surface area contributed by atoms with E-state index in [-0.39, 0.29) is 11.8 Å². The molecule has 0 heterocycles. The number of ether oxygens (including phenoxy) is 1. The van der Waals surface area contributed by atoms with Gasteiger partial charge in [-0.05, 0) is 31.6 Å². The van der Waals surface area contributed by atoms with Crippen LogP contribution in [0.5, 0.6) is 0 Å². The van der Waals surface area contributed by atoms with Crippen LogP contribution < -0.4 is 10.6 Å². The van der Waals surface area contributed by atoms with Gasteiger partial charge in [0, 0.05) is 52.0 Å². The van der Waals surface area contributed by atoms with E-state index in [1.165, 1.54) is 19.3 Å². The summed E-state index contributed by atoms with van der Waals surface area (Å²) in [6, 6.07) is 0. The van der Waals surface area contributed by atoms with E-state index in [2.05, 4.69) is 24.5 Å². The van der Waals surface area contributed by atoms with Crippen molar-refractivity contribution < 1.29 is 19.1 Å². The highest BCUT2D eigenvalue weighted by molar-refractivity contribution is 5.80. The summed E-state index contributed by atoms with van der Waals surface area (Å²) in [5.74, 6) is 1.44. The quantitative estimate of drug-likeness (QED) is 0.492. The maximum atomic E-state index is 11.4. The van der Waals surface area contributed by atoms with Gasteiger partial charge in [0.15, 0.2) is 0 Å². The Balaban J connectivity index is 0.000000609. The maximum absolute atomic E-state index is 11.4. The van der Waals surface area contributed by atoms with Gasteiger partial charge < -0.3 is 15.4 Å². The van der Waals surface area contributed by atoms with Crippen LogP contribution in [0, 0.1) is 11.8 Å². The van der Waals surface area contributed by atoms with Crippen molar-refractivity contribution in [1.82, 2.24) is 10.6 Å². The maximum Gasteiger partial charge on any atom is 0.220 e. The number of carbonyl (C=O) groups is 3. The predicted octanol–water partition coefficient (Wildman–Crippen LogP) is 3.63.